The minimum atomic E-state index is -4.05. The van der Waals surface area contributed by atoms with E-state index in [1.165, 1.54) is 31.4 Å². The molecule has 2 aromatic carbocycles. The van der Waals surface area contributed by atoms with E-state index in [1.807, 2.05) is 0 Å². The molecule has 1 N–H and O–H groups in total. The summed E-state index contributed by atoms with van der Waals surface area (Å²) in [6.45, 7) is 1.53. The Kier molecular flexibility index (Phi) is 4.62. The number of aryl methyl sites for hydroxylation is 1. The van der Waals surface area contributed by atoms with Crippen molar-refractivity contribution >= 4 is 26.5 Å². The molecule has 0 bridgehead atoms. The van der Waals surface area contributed by atoms with E-state index in [0.717, 1.165) is 18.2 Å². The standard InChI is InChI=1S/C14H13F2NO3S2/c1-9-3-4-10(15)7-14(9)22(19,20)17-11-5-6-13(21(2)18)12(16)8-11/h3-8,17H,1-2H3/t21-/m0/s1. The van der Waals surface area contributed by atoms with Crippen LogP contribution < -0.4 is 4.72 Å². The summed E-state index contributed by atoms with van der Waals surface area (Å²) in [5, 5.41) is 0. The van der Waals surface area contributed by atoms with Crippen LogP contribution in [0.5, 0.6) is 0 Å². The monoisotopic (exact) mass is 345 g/mol. The molecule has 0 unspecified atom stereocenters. The Bertz CT molecular complexity index is 851. The van der Waals surface area contributed by atoms with Gasteiger partial charge in [0, 0.05) is 6.26 Å². The van der Waals surface area contributed by atoms with Gasteiger partial charge in [-0.05, 0) is 42.8 Å². The summed E-state index contributed by atoms with van der Waals surface area (Å²) in [5.74, 6) is -1.47. The Hall–Kier alpha value is -1.80. The zero-order valence-electron chi connectivity index (χ0n) is 11.8. The summed E-state index contributed by atoms with van der Waals surface area (Å²) in [6.07, 6.45) is 1.32. The average molecular weight is 345 g/mol. The number of sulfonamides is 1. The highest BCUT2D eigenvalue weighted by atomic mass is 32.2. The van der Waals surface area contributed by atoms with Gasteiger partial charge >= 0.3 is 0 Å². The van der Waals surface area contributed by atoms with Gasteiger partial charge in [0.2, 0.25) is 0 Å². The second-order valence-corrected chi connectivity index (χ2v) is 7.61. The maximum Gasteiger partial charge on any atom is 0.262 e. The minimum absolute atomic E-state index is 0.0233. The summed E-state index contributed by atoms with van der Waals surface area (Å²) in [5.41, 5.74) is 0.330. The summed E-state index contributed by atoms with van der Waals surface area (Å²) >= 11 is 0. The Morgan fingerprint density at radius 1 is 1.09 bits per heavy atom. The van der Waals surface area contributed by atoms with E-state index in [4.69, 9.17) is 0 Å². The molecule has 2 aromatic rings. The number of halogens is 2. The number of anilines is 1. The van der Waals surface area contributed by atoms with Crippen molar-refractivity contribution in [3.05, 3.63) is 53.6 Å². The topological polar surface area (TPSA) is 63.2 Å². The lowest BCUT2D eigenvalue weighted by Crippen LogP contribution is -2.15. The number of hydrogen-bond donors (Lipinski definition) is 1. The minimum Gasteiger partial charge on any atom is -0.280 e. The van der Waals surface area contributed by atoms with Crippen LogP contribution in [-0.2, 0) is 20.8 Å². The van der Waals surface area contributed by atoms with Crippen molar-refractivity contribution < 1.29 is 21.4 Å². The Morgan fingerprint density at radius 3 is 2.36 bits per heavy atom. The maximum atomic E-state index is 13.7. The summed E-state index contributed by atoms with van der Waals surface area (Å²) < 4.78 is 64.9. The molecule has 0 radical (unpaired) electrons. The van der Waals surface area contributed by atoms with Crippen molar-refractivity contribution in [2.45, 2.75) is 16.7 Å². The number of rotatable bonds is 4. The largest absolute Gasteiger partial charge is 0.280 e. The zero-order chi connectivity index (χ0) is 16.5. The maximum absolute atomic E-state index is 13.7. The van der Waals surface area contributed by atoms with Crippen LogP contribution in [0.4, 0.5) is 14.5 Å². The number of benzene rings is 2. The molecule has 0 aromatic heterocycles. The third-order valence-corrected chi connectivity index (χ3v) is 5.41. The van der Waals surface area contributed by atoms with Crippen LogP contribution in [0.15, 0.2) is 46.2 Å². The average Bonchev–Trinajstić information content (AvgIpc) is 2.40. The summed E-state index contributed by atoms with van der Waals surface area (Å²) in [4.78, 5) is -0.249. The molecule has 0 spiro atoms. The van der Waals surface area contributed by atoms with Crippen LogP contribution in [0, 0.1) is 18.6 Å². The zero-order valence-corrected chi connectivity index (χ0v) is 13.4. The highest BCUT2D eigenvalue weighted by molar-refractivity contribution is 7.92. The van der Waals surface area contributed by atoms with Crippen LogP contribution in [0.25, 0.3) is 0 Å². The first kappa shape index (κ1) is 16.6. The van der Waals surface area contributed by atoms with Gasteiger partial charge in [-0.25, -0.2) is 17.2 Å². The molecule has 1 atom stereocenters. The van der Waals surface area contributed by atoms with E-state index in [9.17, 15) is 21.4 Å². The van der Waals surface area contributed by atoms with Crippen molar-refractivity contribution in [3.8, 4) is 0 Å². The Labute approximate surface area is 129 Å². The molecule has 118 valence electrons. The third kappa shape index (κ3) is 3.50. The van der Waals surface area contributed by atoms with Gasteiger partial charge in [0.15, 0.2) is 0 Å². The van der Waals surface area contributed by atoms with Crippen molar-refractivity contribution in [2.24, 2.45) is 0 Å². The molecule has 4 nitrogen and oxygen atoms in total. The third-order valence-electron chi connectivity index (χ3n) is 2.93. The number of nitrogens with one attached hydrogen (secondary N) is 1. The van der Waals surface area contributed by atoms with Gasteiger partial charge in [0.1, 0.15) is 11.6 Å². The van der Waals surface area contributed by atoms with Gasteiger partial charge in [-0.15, -0.1) is 0 Å². The molecular formula is C14H13F2NO3S2. The fourth-order valence-corrected chi connectivity index (χ4v) is 3.77. The van der Waals surface area contributed by atoms with Crippen LogP contribution in [0.2, 0.25) is 0 Å². The van der Waals surface area contributed by atoms with E-state index in [-0.39, 0.29) is 15.5 Å². The first-order valence-corrected chi connectivity index (χ1v) is 9.17. The van der Waals surface area contributed by atoms with Crippen LogP contribution in [-0.4, -0.2) is 18.9 Å². The van der Waals surface area contributed by atoms with Crippen LogP contribution >= 0.6 is 0 Å². The molecule has 2 rings (SSSR count). The highest BCUT2D eigenvalue weighted by Gasteiger charge is 2.18. The second-order valence-electron chi connectivity index (χ2n) is 4.61. The Balaban J connectivity index is 2.39. The van der Waals surface area contributed by atoms with Crippen molar-refractivity contribution in [2.75, 3.05) is 11.0 Å². The summed E-state index contributed by atoms with van der Waals surface area (Å²) in [6, 6.07) is 6.85. The van der Waals surface area contributed by atoms with Gasteiger partial charge in [-0.3, -0.25) is 8.93 Å². The van der Waals surface area contributed by atoms with E-state index in [0.29, 0.717) is 5.56 Å². The molecule has 8 heteroatoms. The molecule has 0 saturated carbocycles. The van der Waals surface area contributed by atoms with Crippen molar-refractivity contribution in [1.82, 2.24) is 0 Å². The smallest absolute Gasteiger partial charge is 0.262 e. The quantitative estimate of drug-likeness (QED) is 0.927. The van der Waals surface area contributed by atoms with Crippen molar-refractivity contribution in [1.29, 1.82) is 0 Å². The SMILES string of the molecule is Cc1ccc(F)cc1S(=O)(=O)Nc1ccc([S@](C)=O)c(F)c1. The molecule has 0 saturated heterocycles. The lowest BCUT2D eigenvalue weighted by atomic mass is 10.2. The molecule has 0 aliphatic heterocycles. The normalized spacial score (nSPS) is 12.9. The van der Waals surface area contributed by atoms with E-state index in [2.05, 4.69) is 4.72 Å². The first-order valence-electron chi connectivity index (χ1n) is 6.12. The van der Waals surface area contributed by atoms with Crippen LogP contribution in [0.3, 0.4) is 0 Å². The number of hydrogen-bond acceptors (Lipinski definition) is 3. The Morgan fingerprint density at radius 2 is 1.77 bits per heavy atom. The lowest BCUT2D eigenvalue weighted by molar-refractivity contribution is 0.593. The predicted octanol–water partition coefficient (Wildman–Crippen LogP) is 2.81. The van der Waals surface area contributed by atoms with Gasteiger partial charge < -0.3 is 0 Å². The van der Waals surface area contributed by atoms with E-state index in [1.54, 1.807) is 0 Å². The van der Waals surface area contributed by atoms with E-state index >= 15 is 0 Å². The lowest BCUT2D eigenvalue weighted by Gasteiger charge is -2.11. The molecule has 0 aliphatic rings. The highest BCUT2D eigenvalue weighted by Crippen LogP contribution is 2.22. The molecule has 0 fully saturated rings. The fraction of sp³-hybridized carbons (Fsp3) is 0.143. The molecule has 0 amide bonds. The van der Waals surface area contributed by atoms with E-state index < -0.39 is 32.5 Å². The van der Waals surface area contributed by atoms with Gasteiger partial charge in [-0.2, -0.15) is 0 Å². The van der Waals surface area contributed by atoms with Crippen LogP contribution in [0.1, 0.15) is 5.56 Å². The predicted molar refractivity (Wildman–Crippen MR) is 80.7 cm³/mol. The fourth-order valence-electron chi connectivity index (χ4n) is 1.87. The summed E-state index contributed by atoms with van der Waals surface area (Å²) in [7, 11) is -5.57. The first-order chi connectivity index (χ1) is 10.2. The molecular weight excluding hydrogens is 332 g/mol. The van der Waals surface area contributed by atoms with Gasteiger partial charge in [-0.1, -0.05) is 6.07 Å². The second kappa shape index (κ2) is 6.13. The van der Waals surface area contributed by atoms with Gasteiger partial charge in [0.25, 0.3) is 10.0 Å². The molecule has 22 heavy (non-hydrogen) atoms. The molecule has 0 aliphatic carbocycles. The molecule has 0 heterocycles. The van der Waals surface area contributed by atoms with Crippen molar-refractivity contribution in [3.63, 3.8) is 0 Å². The van der Waals surface area contributed by atoms with Gasteiger partial charge in [0.05, 0.1) is 26.3 Å².